The zero-order chi connectivity index (χ0) is 21.2. The van der Waals surface area contributed by atoms with Gasteiger partial charge in [-0.2, -0.15) is 0 Å². The molecule has 0 unspecified atom stereocenters. The largest absolute Gasteiger partial charge is 0.481 e. The molecule has 0 amide bonds. The standard InChI is InChI=1S/C23H23O6P/c24-23(25)15-21-13-7-8-14-22(21)18-29-30(26,27-16-19-9-3-1-4-10-19)28-17-20-11-5-2-6-12-20/h1-14H,15-18H2,(H,24,25). The van der Waals surface area contributed by atoms with Crippen LogP contribution in [0.4, 0.5) is 0 Å². The summed E-state index contributed by atoms with van der Waals surface area (Å²) in [5, 5.41) is 9.10. The number of hydrogen-bond donors (Lipinski definition) is 1. The van der Waals surface area contributed by atoms with Crippen molar-refractivity contribution in [2.24, 2.45) is 0 Å². The number of carbonyl (C=O) groups is 1. The van der Waals surface area contributed by atoms with Crippen molar-refractivity contribution in [2.75, 3.05) is 0 Å². The SMILES string of the molecule is O=C(O)Cc1ccccc1COP(=O)(OCc1ccccc1)OCc1ccccc1. The number of hydrogen-bond acceptors (Lipinski definition) is 5. The van der Waals surface area contributed by atoms with Gasteiger partial charge in [-0.25, -0.2) is 4.57 Å². The van der Waals surface area contributed by atoms with Gasteiger partial charge < -0.3 is 5.11 Å². The molecule has 0 radical (unpaired) electrons. The van der Waals surface area contributed by atoms with Crippen LogP contribution in [0, 0.1) is 0 Å². The van der Waals surface area contributed by atoms with Crippen molar-refractivity contribution >= 4 is 13.8 Å². The van der Waals surface area contributed by atoms with Crippen molar-refractivity contribution < 1.29 is 28.0 Å². The van der Waals surface area contributed by atoms with Crippen LogP contribution in [-0.4, -0.2) is 11.1 Å². The van der Waals surface area contributed by atoms with Crippen LogP contribution in [0.2, 0.25) is 0 Å². The van der Waals surface area contributed by atoms with Crippen molar-refractivity contribution in [2.45, 2.75) is 26.2 Å². The molecule has 0 aliphatic heterocycles. The minimum absolute atomic E-state index is 0.0592. The number of rotatable bonds is 11. The minimum Gasteiger partial charge on any atom is -0.481 e. The molecular formula is C23H23O6P. The second-order valence-corrected chi connectivity index (χ2v) is 8.25. The molecule has 30 heavy (non-hydrogen) atoms. The first kappa shape index (κ1) is 21.9. The van der Waals surface area contributed by atoms with E-state index < -0.39 is 13.8 Å². The smallest absolute Gasteiger partial charge is 0.475 e. The lowest BCUT2D eigenvalue weighted by Crippen LogP contribution is -2.06. The van der Waals surface area contributed by atoms with Crippen molar-refractivity contribution in [3.8, 4) is 0 Å². The summed E-state index contributed by atoms with van der Waals surface area (Å²) in [5.41, 5.74) is 2.86. The topological polar surface area (TPSA) is 82.1 Å². The predicted molar refractivity (Wildman–Crippen MR) is 113 cm³/mol. The van der Waals surface area contributed by atoms with Gasteiger partial charge in [0.05, 0.1) is 26.2 Å². The molecule has 1 N–H and O–H groups in total. The Morgan fingerprint density at radius 3 is 1.60 bits per heavy atom. The van der Waals surface area contributed by atoms with Crippen molar-refractivity contribution in [1.82, 2.24) is 0 Å². The number of phosphoric ester groups is 1. The van der Waals surface area contributed by atoms with Crippen LogP contribution in [0.5, 0.6) is 0 Å². The fourth-order valence-corrected chi connectivity index (χ4v) is 3.88. The lowest BCUT2D eigenvalue weighted by molar-refractivity contribution is -0.136. The molecule has 6 nitrogen and oxygen atoms in total. The number of carboxylic acids is 1. The van der Waals surface area contributed by atoms with E-state index in [0.29, 0.717) is 11.1 Å². The van der Waals surface area contributed by atoms with E-state index in [1.807, 2.05) is 60.7 Å². The maximum atomic E-state index is 13.3. The molecule has 0 fully saturated rings. The molecule has 0 spiro atoms. The van der Waals surface area contributed by atoms with Crippen LogP contribution in [0.1, 0.15) is 22.3 Å². The second-order valence-electron chi connectivity index (χ2n) is 6.58. The first-order valence-corrected chi connectivity index (χ1v) is 10.9. The van der Waals surface area contributed by atoms with Crippen LogP contribution >= 0.6 is 7.82 Å². The van der Waals surface area contributed by atoms with Crippen molar-refractivity contribution in [3.63, 3.8) is 0 Å². The number of aliphatic carboxylic acids is 1. The molecule has 3 aromatic carbocycles. The Hall–Kier alpha value is -2.76. The van der Waals surface area contributed by atoms with Crippen molar-refractivity contribution in [3.05, 3.63) is 107 Å². The summed E-state index contributed by atoms with van der Waals surface area (Å²) in [6.07, 6.45) is -0.153. The van der Waals surface area contributed by atoms with E-state index in [-0.39, 0.29) is 26.2 Å². The first-order valence-electron chi connectivity index (χ1n) is 9.44. The van der Waals surface area contributed by atoms with Crippen LogP contribution in [0.3, 0.4) is 0 Å². The highest BCUT2D eigenvalue weighted by Crippen LogP contribution is 2.51. The summed E-state index contributed by atoms with van der Waals surface area (Å²) in [4.78, 5) is 11.1. The van der Waals surface area contributed by atoms with E-state index in [9.17, 15) is 9.36 Å². The molecular weight excluding hydrogens is 403 g/mol. The fraction of sp³-hybridized carbons (Fsp3) is 0.174. The zero-order valence-electron chi connectivity index (χ0n) is 16.3. The Kier molecular flexibility index (Phi) is 7.94. The fourth-order valence-electron chi connectivity index (χ4n) is 2.75. The third kappa shape index (κ3) is 6.94. The van der Waals surface area contributed by atoms with Gasteiger partial charge in [0.25, 0.3) is 0 Å². The van der Waals surface area contributed by atoms with Gasteiger partial charge in [0.15, 0.2) is 0 Å². The summed E-state index contributed by atoms with van der Waals surface area (Å²) in [5.74, 6) is -0.953. The molecule has 3 rings (SSSR count). The zero-order valence-corrected chi connectivity index (χ0v) is 17.2. The van der Waals surface area contributed by atoms with Gasteiger partial charge in [0.1, 0.15) is 0 Å². The Balaban J connectivity index is 1.71. The molecule has 0 aliphatic carbocycles. The summed E-state index contributed by atoms with van der Waals surface area (Å²) >= 11 is 0. The molecule has 0 saturated carbocycles. The molecule has 3 aromatic rings. The molecule has 7 heteroatoms. The van der Waals surface area contributed by atoms with Crippen LogP contribution in [-0.2, 0) is 49.2 Å². The Labute approximate surface area is 175 Å². The normalized spacial score (nSPS) is 11.3. The lowest BCUT2D eigenvalue weighted by atomic mass is 10.1. The van der Waals surface area contributed by atoms with E-state index >= 15 is 0 Å². The quantitative estimate of drug-likeness (QED) is 0.415. The van der Waals surface area contributed by atoms with Gasteiger partial charge in [-0.3, -0.25) is 18.4 Å². The van der Waals surface area contributed by atoms with Crippen LogP contribution in [0.25, 0.3) is 0 Å². The van der Waals surface area contributed by atoms with Gasteiger partial charge in [-0.15, -0.1) is 0 Å². The van der Waals surface area contributed by atoms with Gasteiger partial charge in [0.2, 0.25) is 0 Å². The highest BCUT2D eigenvalue weighted by Gasteiger charge is 2.27. The third-order valence-electron chi connectivity index (χ3n) is 4.30. The monoisotopic (exact) mass is 426 g/mol. The molecule has 0 saturated heterocycles. The van der Waals surface area contributed by atoms with Crippen LogP contribution < -0.4 is 0 Å². The first-order chi connectivity index (χ1) is 14.5. The summed E-state index contributed by atoms with van der Waals surface area (Å²) in [7, 11) is -3.92. The average Bonchev–Trinajstić information content (AvgIpc) is 2.77. The maximum absolute atomic E-state index is 13.3. The van der Waals surface area contributed by atoms with E-state index in [2.05, 4.69) is 0 Å². The highest BCUT2D eigenvalue weighted by molar-refractivity contribution is 7.48. The minimum atomic E-state index is -3.92. The van der Waals surface area contributed by atoms with E-state index in [4.69, 9.17) is 18.7 Å². The number of phosphoric acid groups is 1. The molecule has 0 atom stereocenters. The van der Waals surface area contributed by atoms with E-state index in [1.165, 1.54) is 0 Å². The molecule has 0 heterocycles. The van der Waals surface area contributed by atoms with E-state index in [1.54, 1.807) is 24.3 Å². The summed E-state index contributed by atoms with van der Waals surface area (Å²) in [6, 6.07) is 25.6. The maximum Gasteiger partial charge on any atom is 0.475 e. The summed E-state index contributed by atoms with van der Waals surface area (Å²) < 4.78 is 30.0. The number of benzene rings is 3. The predicted octanol–water partition coefficient (Wildman–Crippen LogP) is 5.37. The van der Waals surface area contributed by atoms with Gasteiger partial charge >= 0.3 is 13.8 Å². The number of carboxylic acid groups (broad SMARTS) is 1. The summed E-state index contributed by atoms with van der Waals surface area (Å²) in [6.45, 7) is 0.0255. The van der Waals surface area contributed by atoms with Gasteiger partial charge in [-0.05, 0) is 22.3 Å². The highest BCUT2D eigenvalue weighted by atomic mass is 31.2. The second kappa shape index (κ2) is 10.9. The molecule has 0 aromatic heterocycles. The molecule has 0 bridgehead atoms. The molecule has 0 aliphatic rings. The third-order valence-corrected chi connectivity index (χ3v) is 5.64. The Bertz CT molecular complexity index is 943. The van der Waals surface area contributed by atoms with Gasteiger partial charge in [-0.1, -0.05) is 84.9 Å². The van der Waals surface area contributed by atoms with E-state index in [0.717, 1.165) is 11.1 Å². The Morgan fingerprint density at radius 1 is 0.667 bits per heavy atom. The van der Waals surface area contributed by atoms with Gasteiger partial charge in [0, 0.05) is 0 Å². The Morgan fingerprint density at radius 2 is 1.10 bits per heavy atom. The molecule has 156 valence electrons. The van der Waals surface area contributed by atoms with Crippen LogP contribution in [0.15, 0.2) is 84.9 Å². The van der Waals surface area contributed by atoms with Crippen molar-refractivity contribution in [1.29, 1.82) is 0 Å². The lowest BCUT2D eigenvalue weighted by Gasteiger charge is -2.19. The average molecular weight is 426 g/mol.